The maximum absolute atomic E-state index is 12.2. The van der Waals surface area contributed by atoms with Crippen molar-refractivity contribution in [2.45, 2.75) is 64.6 Å². The van der Waals surface area contributed by atoms with E-state index in [0.29, 0.717) is 12.8 Å². The number of nitrogens with zero attached hydrogens (tertiary/aromatic N) is 3. The number of nitrogens with one attached hydrogen (secondary N) is 1. The fourth-order valence-corrected chi connectivity index (χ4v) is 2.85. The van der Waals surface area contributed by atoms with Crippen LogP contribution < -0.4 is 5.32 Å². The van der Waals surface area contributed by atoms with E-state index in [9.17, 15) is 14.9 Å². The van der Waals surface area contributed by atoms with Gasteiger partial charge in [-0.2, -0.15) is 5.01 Å². The van der Waals surface area contributed by atoms with Gasteiger partial charge in [-0.3, -0.25) is 0 Å². The van der Waals surface area contributed by atoms with Crippen LogP contribution in [0.5, 0.6) is 0 Å². The molecule has 0 spiro atoms. The second-order valence-electron chi connectivity index (χ2n) is 6.27. The van der Waals surface area contributed by atoms with Gasteiger partial charge in [0.15, 0.2) is 0 Å². The van der Waals surface area contributed by atoms with Crippen LogP contribution in [0.2, 0.25) is 0 Å². The van der Waals surface area contributed by atoms with Gasteiger partial charge in [-0.1, -0.05) is 0 Å². The lowest BCUT2D eigenvalue weighted by molar-refractivity contribution is -0.289. The summed E-state index contributed by atoms with van der Waals surface area (Å²) >= 11 is 0. The van der Waals surface area contributed by atoms with E-state index in [1.165, 1.54) is 0 Å². The van der Waals surface area contributed by atoms with Crippen LogP contribution in [0.15, 0.2) is 5.29 Å². The van der Waals surface area contributed by atoms with Crippen LogP contribution in [0, 0.1) is 4.91 Å². The van der Waals surface area contributed by atoms with Crippen molar-refractivity contribution in [3.63, 3.8) is 0 Å². The first-order valence-corrected chi connectivity index (χ1v) is 6.53. The van der Waals surface area contributed by atoms with Crippen molar-refractivity contribution in [1.29, 1.82) is 0 Å². The highest BCUT2D eigenvalue weighted by atomic mass is 16.5. The normalized spacial score (nSPS) is 22.8. The molecular weight excluding hydrogens is 248 g/mol. The molecule has 1 aliphatic rings. The number of nitroso groups, excluding NO2 is 1. The third-order valence-electron chi connectivity index (χ3n) is 3.55. The van der Waals surface area contributed by atoms with Gasteiger partial charge < -0.3 is 5.32 Å². The van der Waals surface area contributed by atoms with Gasteiger partial charge in [0.1, 0.15) is 0 Å². The van der Waals surface area contributed by atoms with Crippen LogP contribution in [-0.4, -0.2) is 39.8 Å². The number of rotatable bonds is 3. The van der Waals surface area contributed by atoms with E-state index >= 15 is 0 Å². The summed E-state index contributed by atoms with van der Waals surface area (Å²) in [5, 5.41) is 19.5. The molecule has 0 saturated carbocycles. The van der Waals surface area contributed by atoms with Crippen LogP contribution in [0.25, 0.3) is 0 Å². The Morgan fingerprint density at radius 2 is 1.79 bits per heavy atom. The van der Waals surface area contributed by atoms with Crippen molar-refractivity contribution in [2.24, 2.45) is 5.29 Å². The largest absolute Gasteiger partial charge is 0.340 e. The van der Waals surface area contributed by atoms with Gasteiger partial charge in [0.2, 0.25) is 0 Å². The van der Waals surface area contributed by atoms with Crippen molar-refractivity contribution in [3.05, 3.63) is 4.91 Å². The first kappa shape index (κ1) is 15.8. The topological polar surface area (TPSA) is 84.9 Å². The number of carbonyl (C=O) groups excluding carboxylic acids is 1. The molecule has 0 aromatic rings. The van der Waals surface area contributed by atoms with Gasteiger partial charge >= 0.3 is 6.03 Å². The number of hydrogen-bond donors (Lipinski definition) is 1. The molecule has 1 fully saturated rings. The monoisotopic (exact) mass is 271 g/mol. The molecule has 1 saturated heterocycles. The summed E-state index contributed by atoms with van der Waals surface area (Å²) in [6.07, 6.45) is 1.09. The Labute approximate surface area is 113 Å². The van der Waals surface area contributed by atoms with E-state index in [1.54, 1.807) is 6.92 Å². The first-order chi connectivity index (χ1) is 8.64. The number of hydroxylamine groups is 2. The second kappa shape index (κ2) is 5.42. The molecule has 0 aliphatic carbocycles. The van der Waals surface area contributed by atoms with Crippen LogP contribution in [-0.2, 0) is 5.21 Å². The SMILES string of the molecule is CCN(N=O)C(=O)NC1CC(C)(C)N([O])C(C)(C)C1. The molecule has 1 radical (unpaired) electrons. The Hall–Kier alpha value is -1.21. The highest BCUT2D eigenvalue weighted by molar-refractivity contribution is 5.74. The summed E-state index contributed by atoms with van der Waals surface area (Å²) in [6, 6.07) is -0.646. The molecule has 0 bridgehead atoms. The molecule has 1 N–H and O–H groups in total. The van der Waals surface area contributed by atoms with E-state index in [2.05, 4.69) is 10.6 Å². The van der Waals surface area contributed by atoms with Gasteiger partial charge in [0, 0.05) is 23.7 Å². The van der Waals surface area contributed by atoms with Crippen LogP contribution in [0.4, 0.5) is 4.79 Å². The highest BCUT2D eigenvalue weighted by Crippen LogP contribution is 2.36. The van der Waals surface area contributed by atoms with Crippen LogP contribution in [0.3, 0.4) is 0 Å². The van der Waals surface area contributed by atoms with Crippen molar-refractivity contribution in [2.75, 3.05) is 6.54 Å². The summed E-state index contributed by atoms with van der Waals surface area (Å²) in [5.41, 5.74) is -1.10. The Kier molecular flexibility index (Phi) is 4.52. The molecule has 19 heavy (non-hydrogen) atoms. The number of carbonyl (C=O) groups is 1. The van der Waals surface area contributed by atoms with Crippen molar-refractivity contribution >= 4 is 6.03 Å². The molecule has 0 aromatic heterocycles. The van der Waals surface area contributed by atoms with Crippen molar-refractivity contribution in [1.82, 2.24) is 15.4 Å². The quantitative estimate of drug-likeness (QED) is 0.629. The average molecular weight is 271 g/mol. The fraction of sp³-hybridized carbons (Fsp3) is 0.917. The molecule has 0 unspecified atom stereocenters. The van der Waals surface area contributed by atoms with Gasteiger partial charge in [-0.15, -0.1) is 15.2 Å². The zero-order valence-corrected chi connectivity index (χ0v) is 12.3. The second-order valence-corrected chi connectivity index (χ2v) is 6.27. The van der Waals surface area contributed by atoms with Crippen LogP contribution in [0.1, 0.15) is 47.5 Å². The van der Waals surface area contributed by atoms with Crippen LogP contribution >= 0.6 is 0 Å². The molecule has 2 amide bonds. The molecule has 0 atom stereocenters. The summed E-state index contributed by atoms with van der Waals surface area (Å²) in [6.45, 7) is 9.33. The molecule has 1 heterocycles. The lowest BCUT2D eigenvalue weighted by Gasteiger charge is -2.50. The molecule has 7 nitrogen and oxygen atoms in total. The minimum atomic E-state index is -0.550. The van der Waals surface area contributed by atoms with Crippen molar-refractivity contribution in [3.8, 4) is 0 Å². The van der Waals surface area contributed by atoms with E-state index in [0.717, 1.165) is 10.1 Å². The zero-order valence-electron chi connectivity index (χ0n) is 12.3. The van der Waals surface area contributed by atoms with E-state index < -0.39 is 17.1 Å². The molecule has 0 aromatic carbocycles. The average Bonchev–Trinajstić information content (AvgIpc) is 2.26. The summed E-state index contributed by atoms with van der Waals surface area (Å²) < 4.78 is 0. The number of urea groups is 1. The van der Waals surface area contributed by atoms with Gasteiger partial charge in [-0.25, -0.2) is 4.79 Å². The predicted molar refractivity (Wildman–Crippen MR) is 70.4 cm³/mol. The Morgan fingerprint density at radius 3 is 2.16 bits per heavy atom. The zero-order chi connectivity index (χ0) is 14.8. The smallest absolute Gasteiger partial charge is 0.334 e. The predicted octanol–water partition coefficient (Wildman–Crippen LogP) is 2.07. The highest BCUT2D eigenvalue weighted by Gasteiger charge is 2.46. The first-order valence-electron chi connectivity index (χ1n) is 6.53. The minimum Gasteiger partial charge on any atom is -0.334 e. The molecule has 1 aliphatic heterocycles. The Balaban J connectivity index is 2.76. The fourth-order valence-electron chi connectivity index (χ4n) is 2.85. The standard InChI is InChI=1S/C12H23N4O3/c1-6-15(14-18)10(17)13-9-7-11(2,3)16(19)12(4,5)8-9/h9H,6-8H2,1-5H3,(H,13,17). The van der Waals surface area contributed by atoms with Gasteiger partial charge in [0.05, 0.1) is 5.29 Å². The molecule has 1 rings (SSSR count). The summed E-state index contributed by atoms with van der Waals surface area (Å²) in [5.74, 6) is 0. The lowest BCUT2D eigenvalue weighted by Crippen LogP contribution is -2.62. The molecular formula is C12H23N4O3. The summed E-state index contributed by atoms with van der Waals surface area (Å²) in [4.78, 5) is 22.3. The maximum atomic E-state index is 12.2. The Bertz CT molecular complexity index is 339. The van der Waals surface area contributed by atoms with E-state index in [-0.39, 0.29) is 12.6 Å². The third-order valence-corrected chi connectivity index (χ3v) is 3.55. The number of piperidine rings is 1. The Morgan fingerprint density at radius 1 is 1.32 bits per heavy atom. The lowest BCUT2D eigenvalue weighted by atomic mass is 9.79. The number of hydrogen-bond acceptors (Lipinski definition) is 4. The van der Waals surface area contributed by atoms with E-state index in [1.807, 2.05) is 27.7 Å². The third kappa shape index (κ3) is 3.42. The molecule has 7 heteroatoms. The van der Waals surface area contributed by atoms with Gasteiger partial charge in [0.25, 0.3) is 0 Å². The number of amides is 2. The summed E-state index contributed by atoms with van der Waals surface area (Å²) in [7, 11) is 0. The maximum Gasteiger partial charge on any atom is 0.340 e. The minimum absolute atomic E-state index is 0.140. The van der Waals surface area contributed by atoms with Gasteiger partial charge in [-0.05, 0) is 47.5 Å². The van der Waals surface area contributed by atoms with E-state index in [4.69, 9.17) is 0 Å². The molecule has 109 valence electrons. The van der Waals surface area contributed by atoms with Crippen molar-refractivity contribution < 1.29 is 10.0 Å².